The van der Waals surface area contributed by atoms with E-state index in [4.69, 9.17) is 10.1 Å². The molecule has 0 atom stereocenters. The Morgan fingerprint density at radius 3 is 2.57 bits per heavy atom. The average Bonchev–Trinajstić information content (AvgIpc) is 2.12. The molecule has 4 nitrogen and oxygen atoms in total. The smallest absolute Gasteiger partial charge is 0.412 e. The van der Waals surface area contributed by atoms with Gasteiger partial charge in [0, 0.05) is 5.92 Å². The maximum Gasteiger partial charge on any atom is 0.412 e. The Morgan fingerprint density at radius 1 is 1.43 bits per heavy atom. The van der Waals surface area contributed by atoms with Crippen molar-refractivity contribution in [1.29, 1.82) is 5.41 Å². The molecule has 0 fully saturated rings. The van der Waals surface area contributed by atoms with Crippen LogP contribution in [0.15, 0.2) is 0 Å². The number of amidine groups is 1. The fourth-order valence-electron chi connectivity index (χ4n) is 0.807. The lowest BCUT2D eigenvalue weighted by atomic mass is 10.2. The zero-order valence-electron chi connectivity index (χ0n) is 9.22. The summed E-state index contributed by atoms with van der Waals surface area (Å²) < 4.78 is 4.87. The molecule has 82 valence electrons. The molecular formula is C10H20N2O2. The van der Waals surface area contributed by atoms with Crippen LogP contribution in [0.25, 0.3) is 0 Å². The number of amides is 1. The zero-order chi connectivity index (χ0) is 11.0. The monoisotopic (exact) mass is 200 g/mol. The van der Waals surface area contributed by atoms with Gasteiger partial charge in [-0.15, -0.1) is 0 Å². The molecule has 0 aliphatic rings. The van der Waals surface area contributed by atoms with Crippen LogP contribution in [0, 0.1) is 11.3 Å². The van der Waals surface area contributed by atoms with Crippen LogP contribution in [0.2, 0.25) is 0 Å². The lowest BCUT2D eigenvalue weighted by Gasteiger charge is -2.09. The third-order valence-corrected chi connectivity index (χ3v) is 1.80. The summed E-state index contributed by atoms with van der Waals surface area (Å²) in [4.78, 5) is 11.0. The number of alkyl carbamates (subject to hydrolysis) is 1. The van der Waals surface area contributed by atoms with E-state index in [-0.39, 0.29) is 11.8 Å². The van der Waals surface area contributed by atoms with Gasteiger partial charge < -0.3 is 4.74 Å². The number of rotatable bonds is 5. The van der Waals surface area contributed by atoms with Crippen molar-refractivity contribution >= 4 is 11.9 Å². The number of nitrogens with one attached hydrogen (secondary N) is 2. The van der Waals surface area contributed by atoms with Crippen LogP contribution < -0.4 is 5.32 Å². The summed E-state index contributed by atoms with van der Waals surface area (Å²) in [5.41, 5.74) is 0. The van der Waals surface area contributed by atoms with Crippen LogP contribution in [0.4, 0.5) is 4.79 Å². The molecule has 0 radical (unpaired) electrons. The molecule has 0 aromatic heterocycles. The minimum absolute atomic E-state index is 0.0261. The molecule has 0 aliphatic heterocycles. The van der Waals surface area contributed by atoms with E-state index in [1.807, 2.05) is 13.8 Å². The van der Waals surface area contributed by atoms with Gasteiger partial charge in [0.25, 0.3) is 0 Å². The van der Waals surface area contributed by atoms with E-state index in [0.29, 0.717) is 6.61 Å². The highest BCUT2D eigenvalue weighted by Crippen LogP contribution is 1.95. The molecule has 0 rings (SSSR count). The quantitative estimate of drug-likeness (QED) is 0.407. The molecule has 4 heteroatoms. The van der Waals surface area contributed by atoms with Crippen LogP contribution in [0.5, 0.6) is 0 Å². The van der Waals surface area contributed by atoms with E-state index >= 15 is 0 Å². The van der Waals surface area contributed by atoms with Crippen molar-refractivity contribution in [2.24, 2.45) is 5.92 Å². The highest BCUT2D eigenvalue weighted by molar-refractivity contribution is 5.94. The van der Waals surface area contributed by atoms with Gasteiger partial charge in [-0.3, -0.25) is 10.7 Å². The van der Waals surface area contributed by atoms with E-state index in [0.717, 1.165) is 19.3 Å². The number of unbranched alkanes of at least 4 members (excludes halogenated alkanes) is 2. The largest absolute Gasteiger partial charge is 0.449 e. The first-order valence-electron chi connectivity index (χ1n) is 5.10. The molecule has 2 N–H and O–H groups in total. The molecule has 14 heavy (non-hydrogen) atoms. The predicted octanol–water partition coefficient (Wildman–Crippen LogP) is 2.54. The van der Waals surface area contributed by atoms with Crippen LogP contribution in [-0.4, -0.2) is 18.5 Å². The number of hydrogen-bond acceptors (Lipinski definition) is 3. The molecule has 0 unspecified atom stereocenters. The Hall–Kier alpha value is -1.06. The van der Waals surface area contributed by atoms with Crippen molar-refractivity contribution in [3.8, 4) is 0 Å². The summed E-state index contributed by atoms with van der Waals surface area (Å²) in [7, 11) is 0. The van der Waals surface area contributed by atoms with Gasteiger partial charge in [-0.25, -0.2) is 4.79 Å². The minimum atomic E-state index is -0.514. The predicted molar refractivity (Wildman–Crippen MR) is 56.6 cm³/mol. The summed E-state index contributed by atoms with van der Waals surface area (Å²) in [6.45, 7) is 6.22. The SMILES string of the molecule is CCCCCOC(=O)NC(=N)C(C)C. The second-order valence-corrected chi connectivity index (χ2v) is 3.54. The van der Waals surface area contributed by atoms with Crippen LogP contribution in [-0.2, 0) is 4.74 Å². The van der Waals surface area contributed by atoms with Crippen molar-refractivity contribution in [2.75, 3.05) is 6.61 Å². The molecule has 0 aliphatic carbocycles. The minimum Gasteiger partial charge on any atom is -0.449 e. The van der Waals surface area contributed by atoms with Crippen molar-refractivity contribution in [2.45, 2.75) is 40.0 Å². The lowest BCUT2D eigenvalue weighted by molar-refractivity contribution is 0.149. The molecule has 0 aromatic carbocycles. The Bertz CT molecular complexity index is 191. The first-order chi connectivity index (χ1) is 6.57. The Morgan fingerprint density at radius 2 is 2.07 bits per heavy atom. The summed E-state index contributed by atoms with van der Waals surface area (Å²) in [5.74, 6) is 0.226. The number of carbonyl (C=O) groups is 1. The summed E-state index contributed by atoms with van der Waals surface area (Å²) in [5, 5.41) is 9.76. The topological polar surface area (TPSA) is 62.2 Å². The summed E-state index contributed by atoms with van der Waals surface area (Å²) in [6, 6.07) is 0. The Balaban J connectivity index is 3.51. The molecule has 0 heterocycles. The molecule has 0 saturated carbocycles. The maximum atomic E-state index is 11.0. The Kier molecular flexibility index (Phi) is 6.80. The second-order valence-electron chi connectivity index (χ2n) is 3.54. The number of ether oxygens (including phenoxy) is 1. The van der Waals surface area contributed by atoms with Crippen LogP contribution in [0.3, 0.4) is 0 Å². The van der Waals surface area contributed by atoms with Gasteiger partial charge in [0.1, 0.15) is 5.84 Å². The third kappa shape index (κ3) is 6.46. The fraction of sp³-hybridized carbons (Fsp3) is 0.800. The molecule has 0 saturated heterocycles. The van der Waals surface area contributed by atoms with E-state index in [2.05, 4.69) is 12.2 Å². The highest BCUT2D eigenvalue weighted by Gasteiger charge is 2.07. The van der Waals surface area contributed by atoms with Crippen LogP contribution >= 0.6 is 0 Å². The van der Waals surface area contributed by atoms with Gasteiger partial charge in [-0.2, -0.15) is 0 Å². The number of hydrogen-bond donors (Lipinski definition) is 2. The summed E-state index contributed by atoms with van der Waals surface area (Å²) in [6.07, 6.45) is 2.54. The lowest BCUT2D eigenvalue weighted by Crippen LogP contribution is -2.33. The highest BCUT2D eigenvalue weighted by atomic mass is 16.5. The van der Waals surface area contributed by atoms with Crippen LogP contribution in [0.1, 0.15) is 40.0 Å². The maximum absolute atomic E-state index is 11.0. The second kappa shape index (κ2) is 7.35. The standard InChI is InChI=1S/C10H20N2O2/c1-4-5-6-7-14-10(13)12-9(11)8(2)3/h8H,4-7H2,1-3H3,(H2,11,12,13). The van der Waals surface area contributed by atoms with E-state index in [9.17, 15) is 4.79 Å². The molecule has 0 spiro atoms. The van der Waals surface area contributed by atoms with Gasteiger partial charge in [0.2, 0.25) is 0 Å². The summed E-state index contributed by atoms with van der Waals surface area (Å²) >= 11 is 0. The Labute approximate surface area is 85.5 Å². The number of carbonyl (C=O) groups excluding carboxylic acids is 1. The van der Waals surface area contributed by atoms with Crippen molar-refractivity contribution in [1.82, 2.24) is 5.32 Å². The normalized spacial score (nSPS) is 10.0. The zero-order valence-corrected chi connectivity index (χ0v) is 9.22. The van der Waals surface area contributed by atoms with E-state index < -0.39 is 6.09 Å². The molecule has 0 aromatic rings. The van der Waals surface area contributed by atoms with Crippen molar-refractivity contribution in [3.05, 3.63) is 0 Å². The van der Waals surface area contributed by atoms with Gasteiger partial charge in [-0.05, 0) is 6.42 Å². The molecule has 0 bridgehead atoms. The molecule has 1 amide bonds. The van der Waals surface area contributed by atoms with Crippen molar-refractivity contribution in [3.63, 3.8) is 0 Å². The molecular weight excluding hydrogens is 180 g/mol. The van der Waals surface area contributed by atoms with Gasteiger partial charge in [0.05, 0.1) is 6.61 Å². The first-order valence-corrected chi connectivity index (χ1v) is 5.10. The van der Waals surface area contributed by atoms with E-state index in [1.54, 1.807) is 0 Å². The van der Waals surface area contributed by atoms with Gasteiger partial charge in [-0.1, -0.05) is 33.6 Å². The van der Waals surface area contributed by atoms with Gasteiger partial charge in [0.15, 0.2) is 0 Å². The van der Waals surface area contributed by atoms with Gasteiger partial charge >= 0.3 is 6.09 Å². The van der Waals surface area contributed by atoms with E-state index in [1.165, 1.54) is 0 Å². The average molecular weight is 200 g/mol. The first kappa shape index (κ1) is 12.9. The van der Waals surface area contributed by atoms with Crippen molar-refractivity contribution < 1.29 is 9.53 Å². The third-order valence-electron chi connectivity index (χ3n) is 1.80. The fourth-order valence-corrected chi connectivity index (χ4v) is 0.807.